The lowest BCUT2D eigenvalue weighted by Gasteiger charge is -2.43. The highest BCUT2D eigenvalue weighted by molar-refractivity contribution is 7.46. The number of carboxylic acid groups (broad SMARTS) is 1. The van der Waals surface area contributed by atoms with Gasteiger partial charge in [0, 0.05) is 67.2 Å². The van der Waals surface area contributed by atoms with Crippen molar-refractivity contribution in [1.82, 2.24) is 30.7 Å². The summed E-state index contributed by atoms with van der Waals surface area (Å²) in [5, 5.41) is 30.3. The van der Waals surface area contributed by atoms with Crippen LogP contribution in [0, 0.1) is 5.41 Å². The average Bonchev–Trinajstić information content (AvgIpc) is 3.62. The van der Waals surface area contributed by atoms with Crippen LogP contribution in [0.4, 0.5) is 27.7 Å². The van der Waals surface area contributed by atoms with Crippen molar-refractivity contribution >= 4 is 54.6 Å². The van der Waals surface area contributed by atoms with Gasteiger partial charge in [0.15, 0.2) is 5.82 Å². The van der Waals surface area contributed by atoms with Crippen LogP contribution in [0.25, 0.3) is 11.3 Å². The molecule has 2 aromatic carbocycles. The molecular weight excluding hydrogens is 988 g/mol. The molecule has 3 aliphatic heterocycles. The summed E-state index contributed by atoms with van der Waals surface area (Å²) in [5.41, 5.74) is 1.56. The van der Waals surface area contributed by atoms with E-state index in [0.717, 1.165) is 70.3 Å². The van der Waals surface area contributed by atoms with Gasteiger partial charge < -0.3 is 54.5 Å². The number of amides is 3. The minimum atomic E-state index is -4.94. The monoisotopic (exact) mass is 1050 g/mol. The van der Waals surface area contributed by atoms with Gasteiger partial charge in [-0.25, -0.2) is 14.3 Å². The maximum Gasteiger partial charge on any atom is 0.524 e. The molecule has 5 aliphatic rings. The van der Waals surface area contributed by atoms with E-state index in [1.54, 1.807) is 54.7 Å². The van der Waals surface area contributed by atoms with E-state index in [4.69, 9.17) is 18.7 Å². The lowest BCUT2D eigenvalue weighted by atomic mass is 9.68. The zero-order valence-electron chi connectivity index (χ0n) is 42.3. The number of hydrogen-bond donors (Lipinski definition) is 7. The molecule has 9 rings (SSSR count). The number of unbranched alkanes of at least 4 members (excludes halogenated alkanes) is 1. The smallest absolute Gasteiger partial charge is 0.480 e. The molecule has 0 unspecified atom stereocenters. The second kappa shape index (κ2) is 23.6. The Morgan fingerprint density at radius 1 is 0.893 bits per heavy atom. The number of rotatable bonds is 22. The molecule has 3 saturated heterocycles. The van der Waals surface area contributed by atoms with Gasteiger partial charge in [-0.1, -0.05) is 30.7 Å². The number of piperazine rings is 1. The van der Waals surface area contributed by atoms with E-state index in [9.17, 15) is 38.6 Å². The Hall–Kier alpha value is -6.42. The summed E-state index contributed by atoms with van der Waals surface area (Å²) < 4.78 is 35.3. The highest BCUT2D eigenvalue weighted by Crippen LogP contribution is 2.45. The third-order valence-corrected chi connectivity index (χ3v) is 15.3. The predicted molar refractivity (Wildman–Crippen MR) is 277 cm³/mol. The fraction of sp³-hybridized carbons (Fsp3) is 0.519. The van der Waals surface area contributed by atoms with Crippen LogP contribution in [-0.4, -0.2) is 142 Å². The number of carbonyl (C=O) groups excluding carboxylic acids is 3. The van der Waals surface area contributed by atoms with Gasteiger partial charge >= 0.3 is 19.9 Å². The van der Waals surface area contributed by atoms with Gasteiger partial charge in [0.2, 0.25) is 17.7 Å². The quantitative estimate of drug-likeness (QED) is 0.0282. The number of nitrogens with one attached hydrogen (secondary N) is 4. The molecule has 4 aromatic rings. The van der Waals surface area contributed by atoms with Crippen molar-refractivity contribution in [3.63, 3.8) is 0 Å². The summed E-state index contributed by atoms with van der Waals surface area (Å²) in [6.45, 7) is 3.70. The lowest BCUT2D eigenvalue weighted by Crippen LogP contribution is -2.55. The second-order valence-electron chi connectivity index (χ2n) is 20.5. The number of hydrogen-bond acceptors (Lipinski definition) is 16. The number of nitrogens with zero attached hydrogens (tertiary/aromatic N) is 6. The molecule has 2 saturated carbocycles. The van der Waals surface area contributed by atoms with Gasteiger partial charge in [-0.3, -0.25) is 29.5 Å². The van der Waals surface area contributed by atoms with Gasteiger partial charge in [0.05, 0.1) is 23.6 Å². The number of carbonyl (C=O) groups is 4. The molecule has 2 bridgehead atoms. The molecule has 0 spiro atoms. The average molecular weight is 1060 g/mol. The molecule has 2 aromatic heterocycles. The van der Waals surface area contributed by atoms with Gasteiger partial charge in [0.1, 0.15) is 29.9 Å². The van der Waals surface area contributed by atoms with Crippen LogP contribution in [-0.2, 0) is 35.0 Å². The number of benzene rings is 2. The van der Waals surface area contributed by atoms with Gasteiger partial charge in [0.25, 0.3) is 0 Å². The van der Waals surface area contributed by atoms with E-state index in [2.05, 4.69) is 46.2 Å². The topological polar surface area (TPSA) is 279 Å². The van der Waals surface area contributed by atoms with Gasteiger partial charge in [-0.15, -0.1) is 10.2 Å². The van der Waals surface area contributed by atoms with Crippen molar-refractivity contribution < 1.29 is 57.4 Å². The SMILES string of the molecule is CN(C)CCCC[C@H](NC(=O)C1(C(=O)O)CCC1)C(=O)Nc1ccc(COC(=O)Nc2nnc(-c3ccccc3OP(=O)(O)O)cc2N2C[C@H]3CC[C@H](C2)N3c2ccnc(OC3CC(OC4CCNCC4)C3)c2)cc1. The van der Waals surface area contributed by atoms with Crippen LogP contribution < -0.4 is 40.3 Å². The third-order valence-electron chi connectivity index (χ3n) is 14.8. The van der Waals surface area contributed by atoms with Crippen molar-refractivity contribution in [3.8, 4) is 22.9 Å². The standard InChI is InChI=1S/C52H67N10O12P/c1-60(2)25-6-5-9-42(56-49(64)52(50(65)66)20-7-21-52)48(63)55-34-13-11-33(12-14-34)32-71-51(67)57-47-44(29-43(58-59-47)41-8-3-4-10-45(41)74-75(68,69)70)61-30-36-15-16-37(31-61)62(36)35-17-24-54-46(26-35)73-40-27-39(28-40)72-38-18-22-53-23-19-38/h3-4,8,10-14,17,24,26,29,36-40,42,53H,5-7,9,15-16,18-23,25,27-28,30-32H2,1-2H3,(H,55,63)(H,56,64)(H,65,66)(H,57,59,67)(H2,68,69,70)/t36-,37-,39?,40?,42+/m1/s1. The Morgan fingerprint density at radius 2 is 1.63 bits per heavy atom. The largest absolute Gasteiger partial charge is 0.524 e. The van der Waals surface area contributed by atoms with Crippen molar-refractivity contribution in [2.24, 2.45) is 5.41 Å². The fourth-order valence-corrected chi connectivity index (χ4v) is 11.0. The molecule has 5 fully saturated rings. The number of carboxylic acids is 1. The highest BCUT2D eigenvalue weighted by atomic mass is 31.2. The molecule has 3 amide bonds. The number of aliphatic carboxylic acids is 1. The molecule has 23 heteroatoms. The van der Waals surface area contributed by atoms with Gasteiger partial charge in [-0.2, -0.15) is 0 Å². The number of para-hydroxylation sites is 1. The van der Waals surface area contributed by atoms with Crippen LogP contribution >= 0.6 is 7.82 Å². The maximum absolute atomic E-state index is 13.6. The second-order valence-corrected chi connectivity index (χ2v) is 21.6. The summed E-state index contributed by atoms with van der Waals surface area (Å²) >= 11 is 0. The molecule has 2 aliphatic carbocycles. The molecule has 5 heterocycles. The molecule has 7 N–H and O–H groups in total. The number of phosphoric ester groups is 1. The molecule has 22 nitrogen and oxygen atoms in total. The van der Waals surface area contributed by atoms with E-state index >= 15 is 0 Å². The van der Waals surface area contributed by atoms with E-state index in [-0.39, 0.29) is 66.6 Å². The first-order chi connectivity index (χ1) is 36.1. The molecule has 75 heavy (non-hydrogen) atoms. The van der Waals surface area contributed by atoms with Crippen LogP contribution in [0.2, 0.25) is 0 Å². The fourth-order valence-electron chi connectivity index (χ4n) is 10.6. The zero-order valence-corrected chi connectivity index (χ0v) is 43.2. The number of fused-ring (bicyclic) bond motifs is 2. The van der Waals surface area contributed by atoms with Crippen LogP contribution in [0.5, 0.6) is 11.6 Å². The lowest BCUT2D eigenvalue weighted by molar-refractivity contribution is -0.162. The minimum absolute atomic E-state index is 0.0417. The van der Waals surface area contributed by atoms with E-state index < -0.39 is 43.2 Å². The van der Waals surface area contributed by atoms with Crippen LogP contribution in [0.3, 0.4) is 0 Å². The van der Waals surface area contributed by atoms with Crippen molar-refractivity contribution in [2.75, 3.05) is 67.3 Å². The third kappa shape index (κ3) is 13.3. The van der Waals surface area contributed by atoms with E-state index in [0.29, 0.717) is 61.3 Å². The summed E-state index contributed by atoms with van der Waals surface area (Å²) in [5.74, 6) is -1.73. The molecule has 402 valence electrons. The van der Waals surface area contributed by atoms with Crippen molar-refractivity contribution in [3.05, 3.63) is 78.5 Å². The van der Waals surface area contributed by atoms with Crippen LogP contribution in [0.1, 0.15) is 82.6 Å². The number of anilines is 4. The Kier molecular flexibility index (Phi) is 16.8. The molecule has 3 atom stereocenters. The first-order valence-corrected chi connectivity index (χ1v) is 27.4. The van der Waals surface area contributed by atoms with E-state index in [1.165, 1.54) is 6.07 Å². The highest BCUT2D eigenvalue weighted by Gasteiger charge is 2.52. The number of pyridine rings is 1. The van der Waals surface area contributed by atoms with Crippen LogP contribution in [0.15, 0.2) is 72.9 Å². The van der Waals surface area contributed by atoms with Crippen molar-refractivity contribution in [2.45, 2.75) is 120 Å². The first-order valence-electron chi connectivity index (χ1n) is 25.9. The van der Waals surface area contributed by atoms with Gasteiger partial charge in [-0.05, 0) is 133 Å². The summed E-state index contributed by atoms with van der Waals surface area (Å²) in [7, 11) is -1.05. The number of aromatic nitrogens is 3. The predicted octanol–water partition coefficient (Wildman–Crippen LogP) is 5.70. The summed E-state index contributed by atoms with van der Waals surface area (Å²) in [6.07, 6.45) is 9.83. The summed E-state index contributed by atoms with van der Waals surface area (Å²) in [4.78, 5) is 82.9. The normalized spacial score (nSPS) is 21.6. The Balaban J connectivity index is 0.852. The maximum atomic E-state index is 13.6. The summed E-state index contributed by atoms with van der Waals surface area (Å²) in [6, 6.07) is 17.8. The number of piperidine rings is 1. The minimum Gasteiger partial charge on any atom is -0.480 e. The molecule has 0 radical (unpaired) electrons. The van der Waals surface area contributed by atoms with E-state index in [1.807, 2.05) is 31.1 Å². The molecular formula is C52H67N10O12P. The first kappa shape index (κ1) is 53.4. The number of phosphoric acid groups is 1. The Bertz CT molecular complexity index is 2700. The Labute approximate surface area is 435 Å². The number of ether oxygens (including phenoxy) is 3. The zero-order chi connectivity index (χ0) is 52.7. The Morgan fingerprint density at radius 3 is 2.31 bits per heavy atom. The van der Waals surface area contributed by atoms with Crippen molar-refractivity contribution in [1.29, 1.82) is 0 Å².